The molecule has 0 aromatic heterocycles. The second kappa shape index (κ2) is 5.28. The molecule has 3 heteroatoms. The van der Waals surface area contributed by atoms with Gasteiger partial charge in [0.25, 0.3) is 0 Å². The molecule has 0 bridgehead atoms. The van der Waals surface area contributed by atoms with Gasteiger partial charge in [0, 0.05) is 35.7 Å². The van der Waals surface area contributed by atoms with Crippen LogP contribution in [0.3, 0.4) is 0 Å². The van der Waals surface area contributed by atoms with Crippen molar-refractivity contribution < 1.29 is 0 Å². The van der Waals surface area contributed by atoms with Crippen LogP contribution in [-0.2, 0) is 0 Å². The first kappa shape index (κ1) is 12.7. The highest BCUT2D eigenvalue weighted by Crippen LogP contribution is 2.31. The van der Waals surface area contributed by atoms with Crippen molar-refractivity contribution in [2.75, 3.05) is 18.8 Å². The molecule has 1 saturated carbocycles. The van der Waals surface area contributed by atoms with E-state index in [9.17, 15) is 0 Å². The Bertz CT molecular complexity index is 226. The second-order valence-electron chi connectivity index (χ2n) is 5.67. The first-order chi connectivity index (χ1) is 7.61. The van der Waals surface area contributed by atoms with Crippen molar-refractivity contribution in [3.63, 3.8) is 0 Å². The zero-order valence-corrected chi connectivity index (χ0v) is 11.6. The van der Waals surface area contributed by atoms with Gasteiger partial charge in [0.05, 0.1) is 0 Å². The number of nitrogens with two attached hydrogens (primary N) is 1. The Hall–Kier alpha value is 0.270. The van der Waals surface area contributed by atoms with Gasteiger partial charge in [-0.1, -0.05) is 19.8 Å². The summed E-state index contributed by atoms with van der Waals surface area (Å²) in [7, 11) is 0. The Morgan fingerprint density at radius 2 is 2.00 bits per heavy atom. The van der Waals surface area contributed by atoms with Gasteiger partial charge in [-0.05, 0) is 26.2 Å². The molecule has 2 atom stereocenters. The molecule has 2 fully saturated rings. The Labute approximate surface area is 104 Å². The highest BCUT2D eigenvalue weighted by atomic mass is 32.2. The Morgan fingerprint density at radius 1 is 1.31 bits per heavy atom. The maximum atomic E-state index is 6.42. The van der Waals surface area contributed by atoms with Crippen molar-refractivity contribution in [2.45, 2.75) is 62.8 Å². The predicted molar refractivity (Wildman–Crippen MR) is 73.0 cm³/mol. The van der Waals surface area contributed by atoms with Gasteiger partial charge >= 0.3 is 0 Å². The summed E-state index contributed by atoms with van der Waals surface area (Å²) in [6, 6.07) is 0.726. The lowest BCUT2D eigenvalue weighted by Gasteiger charge is -2.39. The van der Waals surface area contributed by atoms with Crippen molar-refractivity contribution in [3.8, 4) is 0 Å². The maximum absolute atomic E-state index is 6.42. The topological polar surface area (TPSA) is 29.3 Å². The molecule has 2 unspecified atom stereocenters. The molecule has 16 heavy (non-hydrogen) atoms. The van der Waals surface area contributed by atoms with Crippen LogP contribution in [0.4, 0.5) is 0 Å². The molecule has 0 spiro atoms. The number of nitrogens with zero attached hydrogens (tertiary/aromatic N) is 1. The van der Waals surface area contributed by atoms with Crippen LogP contribution in [0.25, 0.3) is 0 Å². The zero-order valence-electron chi connectivity index (χ0n) is 10.7. The average molecular weight is 242 g/mol. The maximum Gasteiger partial charge on any atom is 0.0184 e. The highest BCUT2D eigenvalue weighted by Gasteiger charge is 2.31. The highest BCUT2D eigenvalue weighted by molar-refractivity contribution is 8.00. The van der Waals surface area contributed by atoms with Crippen molar-refractivity contribution in [3.05, 3.63) is 0 Å². The Morgan fingerprint density at radius 3 is 2.69 bits per heavy atom. The summed E-state index contributed by atoms with van der Waals surface area (Å²) in [5.41, 5.74) is 6.60. The summed E-state index contributed by atoms with van der Waals surface area (Å²) >= 11 is 2.11. The van der Waals surface area contributed by atoms with Gasteiger partial charge in [0.15, 0.2) is 0 Å². The summed E-state index contributed by atoms with van der Waals surface area (Å²) in [5.74, 6) is 1.29. The smallest absolute Gasteiger partial charge is 0.0184 e. The summed E-state index contributed by atoms with van der Waals surface area (Å²) in [5, 5.41) is 0.783. The molecule has 1 aliphatic heterocycles. The van der Waals surface area contributed by atoms with E-state index in [1.807, 2.05) is 0 Å². The van der Waals surface area contributed by atoms with Crippen LogP contribution in [0.5, 0.6) is 0 Å². The SMILES string of the molecule is CC1SCCN(CCC2(N)CCCC2)C1C. The summed E-state index contributed by atoms with van der Waals surface area (Å²) in [6.07, 6.45) is 6.39. The van der Waals surface area contributed by atoms with Gasteiger partial charge < -0.3 is 5.73 Å². The van der Waals surface area contributed by atoms with Crippen molar-refractivity contribution >= 4 is 11.8 Å². The molecule has 94 valence electrons. The molecule has 2 N–H and O–H groups in total. The van der Waals surface area contributed by atoms with E-state index in [-0.39, 0.29) is 5.54 Å². The van der Waals surface area contributed by atoms with Gasteiger partial charge in [-0.2, -0.15) is 11.8 Å². The molecule has 2 nitrogen and oxygen atoms in total. The average Bonchev–Trinajstić information content (AvgIpc) is 2.68. The molecule has 0 amide bonds. The van der Waals surface area contributed by atoms with Crippen molar-refractivity contribution in [2.24, 2.45) is 5.73 Å². The molecule has 0 radical (unpaired) electrons. The van der Waals surface area contributed by atoms with E-state index in [1.54, 1.807) is 0 Å². The fourth-order valence-electron chi connectivity index (χ4n) is 3.01. The van der Waals surface area contributed by atoms with Crippen LogP contribution in [0.1, 0.15) is 46.0 Å². The number of hydrogen-bond acceptors (Lipinski definition) is 3. The quantitative estimate of drug-likeness (QED) is 0.824. The van der Waals surface area contributed by atoms with E-state index >= 15 is 0 Å². The fraction of sp³-hybridized carbons (Fsp3) is 1.00. The largest absolute Gasteiger partial charge is 0.325 e. The van der Waals surface area contributed by atoms with Gasteiger partial charge in [-0.15, -0.1) is 0 Å². The van der Waals surface area contributed by atoms with Crippen molar-refractivity contribution in [1.29, 1.82) is 0 Å². The molecular formula is C13H26N2S. The van der Waals surface area contributed by atoms with Crippen LogP contribution < -0.4 is 5.73 Å². The summed E-state index contributed by atoms with van der Waals surface area (Å²) in [6.45, 7) is 7.19. The Balaban J connectivity index is 1.80. The fourth-order valence-corrected chi connectivity index (χ4v) is 4.17. The van der Waals surface area contributed by atoms with E-state index < -0.39 is 0 Å². The zero-order chi connectivity index (χ0) is 11.6. The lowest BCUT2D eigenvalue weighted by atomic mass is 9.94. The van der Waals surface area contributed by atoms with Crippen LogP contribution in [0.2, 0.25) is 0 Å². The first-order valence-corrected chi connectivity index (χ1v) is 7.80. The third-order valence-electron chi connectivity index (χ3n) is 4.51. The van der Waals surface area contributed by atoms with Crippen LogP contribution in [-0.4, -0.2) is 40.6 Å². The van der Waals surface area contributed by atoms with E-state index in [2.05, 4.69) is 30.5 Å². The van der Waals surface area contributed by atoms with E-state index in [0.717, 1.165) is 11.3 Å². The van der Waals surface area contributed by atoms with E-state index in [1.165, 1.54) is 50.9 Å². The minimum Gasteiger partial charge on any atom is -0.325 e. The monoisotopic (exact) mass is 242 g/mol. The van der Waals surface area contributed by atoms with Gasteiger partial charge in [-0.3, -0.25) is 4.90 Å². The molecule has 0 aromatic carbocycles. The lowest BCUT2D eigenvalue weighted by Crippen LogP contribution is -2.48. The molecule has 1 saturated heterocycles. The first-order valence-electron chi connectivity index (χ1n) is 6.75. The Kier molecular flexibility index (Phi) is 4.20. The molecule has 0 aromatic rings. The normalized spacial score (nSPS) is 35.4. The number of thioether (sulfide) groups is 1. The van der Waals surface area contributed by atoms with Gasteiger partial charge in [0.1, 0.15) is 0 Å². The summed E-state index contributed by atoms with van der Waals surface area (Å²) in [4.78, 5) is 2.65. The third-order valence-corrected chi connectivity index (χ3v) is 5.85. The minimum atomic E-state index is 0.174. The van der Waals surface area contributed by atoms with Crippen LogP contribution in [0.15, 0.2) is 0 Å². The van der Waals surface area contributed by atoms with Crippen LogP contribution in [0, 0.1) is 0 Å². The number of hydrogen-bond donors (Lipinski definition) is 1. The lowest BCUT2D eigenvalue weighted by molar-refractivity contribution is 0.190. The molecular weight excluding hydrogens is 216 g/mol. The van der Waals surface area contributed by atoms with Crippen LogP contribution >= 0.6 is 11.8 Å². The molecule has 2 aliphatic rings. The number of rotatable bonds is 3. The standard InChI is InChI=1S/C13H26N2S/c1-11-12(2)16-10-9-15(11)8-7-13(14)5-3-4-6-13/h11-12H,3-10,14H2,1-2H3. The second-order valence-corrected chi connectivity index (χ2v) is 7.16. The third kappa shape index (κ3) is 2.93. The summed E-state index contributed by atoms with van der Waals surface area (Å²) < 4.78 is 0. The van der Waals surface area contributed by atoms with Crippen molar-refractivity contribution in [1.82, 2.24) is 4.90 Å². The van der Waals surface area contributed by atoms with E-state index in [4.69, 9.17) is 5.73 Å². The van der Waals surface area contributed by atoms with E-state index in [0.29, 0.717) is 0 Å². The van der Waals surface area contributed by atoms with Gasteiger partial charge in [-0.25, -0.2) is 0 Å². The molecule has 2 rings (SSSR count). The predicted octanol–water partition coefficient (Wildman–Crippen LogP) is 2.47. The molecule has 1 heterocycles. The van der Waals surface area contributed by atoms with Gasteiger partial charge in [0.2, 0.25) is 0 Å². The molecule has 1 aliphatic carbocycles. The minimum absolute atomic E-state index is 0.174.